The summed E-state index contributed by atoms with van der Waals surface area (Å²) in [6, 6.07) is 4.37. The first-order valence-corrected chi connectivity index (χ1v) is 7.56. The number of nitrogens with one attached hydrogen (secondary N) is 3. The first-order valence-electron chi connectivity index (χ1n) is 5.29. The van der Waals surface area contributed by atoms with E-state index in [1.807, 2.05) is 0 Å². The highest BCUT2D eigenvalue weighted by Crippen LogP contribution is 2.26. The van der Waals surface area contributed by atoms with Gasteiger partial charge >= 0.3 is 0 Å². The number of anilines is 2. The Balaban J connectivity index is 2.15. The maximum atomic E-state index is 11.7. The van der Waals surface area contributed by atoms with Crippen LogP contribution in [0.1, 0.15) is 10.6 Å². The van der Waals surface area contributed by atoms with Crippen molar-refractivity contribution in [2.24, 2.45) is 0 Å². The Bertz CT molecular complexity index is 729. The molecule has 0 fully saturated rings. The molecule has 0 aliphatic heterocycles. The van der Waals surface area contributed by atoms with Crippen LogP contribution in [0.15, 0.2) is 24.5 Å². The van der Waals surface area contributed by atoms with E-state index < -0.39 is 15.9 Å². The van der Waals surface area contributed by atoms with Gasteiger partial charge in [0, 0.05) is 5.69 Å². The fraction of sp³-hybridized carbons (Fsp3) is 0.100. The molecule has 2 aromatic rings. The molecule has 3 N–H and O–H groups in total. The van der Waals surface area contributed by atoms with Gasteiger partial charge in [-0.05, 0) is 18.2 Å². The normalized spacial score (nSPS) is 11.1. The predicted molar refractivity (Wildman–Crippen MR) is 74.3 cm³/mol. The molecule has 1 aromatic carbocycles. The molecular weight excluding hydrogens is 306 g/mol. The molecular formula is C10H10ClN5O3S. The Hall–Kier alpha value is -2.13. The molecule has 0 spiro atoms. The van der Waals surface area contributed by atoms with Gasteiger partial charge in [0.15, 0.2) is 0 Å². The van der Waals surface area contributed by atoms with Crippen molar-refractivity contribution < 1.29 is 13.2 Å². The molecule has 0 saturated carbocycles. The van der Waals surface area contributed by atoms with Crippen LogP contribution < -0.4 is 10.0 Å². The minimum atomic E-state index is -3.42. The maximum Gasteiger partial charge on any atom is 0.292 e. The van der Waals surface area contributed by atoms with Crippen LogP contribution in [0.4, 0.5) is 11.4 Å². The summed E-state index contributed by atoms with van der Waals surface area (Å²) in [6.45, 7) is 0. The lowest BCUT2D eigenvalue weighted by molar-refractivity contribution is 0.101. The van der Waals surface area contributed by atoms with E-state index in [4.69, 9.17) is 11.6 Å². The second kappa shape index (κ2) is 5.47. The van der Waals surface area contributed by atoms with Gasteiger partial charge in [0.2, 0.25) is 15.8 Å². The molecule has 8 nitrogen and oxygen atoms in total. The summed E-state index contributed by atoms with van der Waals surface area (Å²) in [5.74, 6) is -0.429. The van der Waals surface area contributed by atoms with Crippen LogP contribution in [0.2, 0.25) is 5.02 Å². The zero-order valence-corrected chi connectivity index (χ0v) is 11.8. The fourth-order valence-corrected chi connectivity index (χ4v) is 2.24. The van der Waals surface area contributed by atoms with E-state index in [0.717, 1.165) is 6.26 Å². The molecule has 10 heteroatoms. The Morgan fingerprint density at radius 2 is 2.15 bits per heavy atom. The number of rotatable bonds is 4. The molecule has 0 saturated heterocycles. The highest BCUT2D eigenvalue weighted by Gasteiger charge is 2.11. The van der Waals surface area contributed by atoms with Gasteiger partial charge in [0.1, 0.15) is 6.33 Å². The summed E-state index contributed by atoms with van der Waals surface area (Å²) in [5.41, 5.74) is 0.627. The standard InChI is InChI=1S/C10H10ClN5O3S/c1-20(18,19)16-8-3-2-6(4-7(8)11)14-10(17)9-12-5-13-15-9/h2-5,16H,1H3,(H,14,17)(H,12,13,15). The molecule has 2 rings (SSSR count). The Morgan fingerprint density at radius 3 is 2.70 bits per heavy atom. The highest BCUT2D eigenvalue weighted by molar-refractivity contribution is 7.92. The van der Waals surface area contributed by atoms with Crippen LogP contribution in [-0.4, -0.2) is 35.8 Å². The Labute approximate surface area is 119 Å². The lowest BCUT2D eigenvalue weighted by Crippen LogP contribution is -2.14. The molecule has 0 atom stereocenters. The van der Waals surface area contributed by atoms with Gasteiger partial charge in [0.25, 0.3) is 5.91 Å². The van der Waals surface area contributed by atoms with Gasteiger partial charge in [-0.25, -0.2) is 13.4 Å². The number of hydrogen-bond acceptors (Lipinski definition) is 5. The van der Waals surface area contributed by atoms with Crippen molar-refractivity contribution in [2.45, 2.75) is 0 Å². The second-order valence-electron chi connectivity index (χ2n) is 3.86. The summed E-state index contributed by atoms with van der Waals surface area (Å²) < 4.78 is 24.5. The average molecular weight is 316 g/mol. The van der Waals surface area contributed by atoms with Crippen molar-refractivity contribution in [3.63, 3.8) is 0 Å². The number of halogens is 1. The SMILES string of the molecule is CS(=O)(=O)Nc1ccc(NC(=O)c2ncn[nH]2)cc1Cl. The van der Waals surface area contributed by atoms with E-state index in [2.05, 4.69) is 25.2 Å². The molecule has 0 aliphatic rings. The number of nitrogens with zero attached hydrogens (tertiary/aromatic N) is 2. The van der Waals surface area contributed by atoms with E-state index in [1.165, 1.54) is 24.5 Å². The van der Waals surface area contributed by atoms with Crippen molar-refractivity contribution in [1.29, 1.82) is 0 Å². The molecule has 1 amide bonds. The molecule has 106 valence electrons. The van der Waals surface area contributed by atoms with Crippen molar-refractivity contribution in [1.82, 2.24) is 15.2 Å². The first-order chi connectivity index (χ1) is 9.35. The number of aromatic nitrogens is 3. The smallest absolute Gasteiger partial charge is 0.292 e. The lowest BCUT2D eigenvalue weighted by Gasteiger charge is -2.08. The molecule has 0 unspecified atom stereocenters. The molecule has 0 bridgehead atoms. The van der Waals surface area contributed by atoms with Crippen molar-refractivity contribution in [3.05, 3.63) is 35.4 Å². The topological polar surface area (TPSA) is 117 Å². The van der Waals surface area contributed by atoms with Gasteiger partial charge in [0.05, 0.1) is 17.0 Å². The third-order valence-electron chi connectivity index (χ3n) is 2.15. The largest absolute Gasteiger partial charge is 0.319 e. The Morgan fingerprint density at radius 1 is 1.40 bits per heavy atom. The van der Waals surface area contributed by atoms with Crippen LogP contribution in [0.25, 0.3) is 0 Å². The van der Waals surface area contributed by atoms with Crippen molar-refractivity contribution in [2.75, 3.05) is 16.3 Å². The number of carbonyl (C=O) groups is 1. The van der Waals surface area contributed by atoms with E-state index >= 15 is 0 Å². The van der Waals surface area contributed by atoms with Crippen LogP contribution in [-0.2, 0) is 10.0 Å². The third kappa shape index (κ3) is 3.68. The van der Waals surface area contributed by atoms with Gasteiger partial charge in [-0.15, -0.1) is 0 Å². The Kier molecular flexibility index (Phi) is 3.91. The van der Waals surface area contributed by atoms with E-state index in [-0.39, 0.29) is 16.5 Å². The summed E-state index contributed by atoms with van der Waals surface area (Å²) in [4.78, 5) is 15.4. The van der Waals surface area contributed by atoms with Gasteiger partial charge < -0.3 is 5.32 Å². The van der Waals surface area contributed by atoms with E-state index in [0.29, 0.717) is 5.69 Å². The summed E-state index contributed by atoms with van der Waals surface area (Å²) >= 11 is 5.93. The minimum absolute atomic E-state index is 0.0551. The number of carbonyl (C=O) groups excluding carboxylic acids is 1. The van der Waals surface area contributed by atoms with Crippen molar-refractivity contribution >= 4 is 38.9 Å². The number of amides is 1. The van der Waals surface area contributed by atoms with Crippen LogP contribution in [0.5, 0.6) is 0 Å². The molecule has 0 aliphatic carbocycles. The molecule has 1 aromatic heterocycles. The predicted octanol–water partition coefficient (Wildman–Crippen LogP) is 1.08. The van der Waals surface area contributed by atoms with Gasteiger partial charge in [-0.1, -0.05) is 11.6 Å². The number of aromatic amines is 1. The van der Waals surface area contributed by atoms with E-state index in [9.17, 15) is 13.2 Å². The van der Waals surface area contributed by atoms with Crippen molar-refractivity contribution in [3.8, 4) is 0 Å². The number of H-pyrrole nitrogens is 1. The molecule has 0 radical (unpaired) electrons. The second-order valence-corrected chi connectivity index (χ2v) is 6.01. The monoisotopic (exact) mass is 315 g/mol. The highest BCUT2D eigenvalue weighted by atomic mass is 35.5. The van der Waals surface area contributed by atoms with Crippen LogP contribution >= 0.6 is 11.6 Å². The molecule has 1 heterocycles. The summed E-state index contributed by atoms with van der Waals surface area (Å²) in [7, 11) is -3.42. The zero-order chi connectivity index (χ0) is 14.8. The summed E-state index contributed by atoms with van der Waals surface area (Å²) in [6.07, 6.45) is 2.23. The van der Waals surface area contributed by atoms with Gasteiger partial charge in [-0.3, -0.25) is 14.6 Å². The van der Waals surface area contributed by atoms with Crippen LogP contribution in [0.3, 0.4) is 0 Å². The molecule has 20 heavy (non-hydrogen) atoms. The van der Waals surface area contributed by atoms with Gasteiger partial charge in [-0.2, -0.15) is 5.10 Å². The van der Waals surface area contributed by atoms with E-state index in [1.54, 1.807) is 0 Å². The quantitative estimate of drug-likeness (QED) is 0.780. The van der Waals surface area contributed by atoms with Crippen LogP contribution in [0, 0.1) is 0 Å². The third-order valence-corrected chi connectivity index (χ3v) is 3.06. The average Bonchev–Trinajstić information content (AvgIpc) is 2.85. The number of sulfonamides is 1. The maximum absolute atomic E-state index is 11.7. The number of hydrogen-bond donors (Lipinski definition) is 3. The fourth-order valence-electron chi connectivity index (χ4n) is 1.38. The summed E-state index contributed by atoms with van der Waals surface area (Å²) in [5, 5.41) is 8.67. The number of benzene rings is 1. The zero-order valence-electron chi connectivity index (χ0n) is 10.2. The lowest BCUT2D eigenvalue weighted by atomic mass is 10.3. The first kappa shape index (κ1) is 14.3. The minimum Gasteiger partial charge on any atom is -0.319 e.